The van der Waals surface area contributed by atoms with Crippen molar-refractivity contribution in [2.75, 3.05) is 0 Å². The summed E-state index contributed by atoms with van der Waals surface area (Å²) in [6, 6.07) is 9.03. The number of rotatable bonds is 4. The summed E-state index contributed by atoms with van der Waals surface area (Å²) < 4.78 is 5.28. The molecule has 0 bridgehead atoms. The molecule has 17 heavy (non-hydrogen) atoms. The van der Waals surface area contributed by atoms with Crippen LogP contribution in [0.3, 0.4) is 0 Å². The van der Waals surface area contributed by atoms with Crippen LogP contribution in [0.1, 0.15) is 6.92 Å². The van der Waals surface area contributed by atoms with Crippen LogP contribution in [-0.2, 0) is 4.79 Å². The number of carboxylic acids is 1. The number of aromatic amines is 1. The molecule has 0 aliphatic carbocycles. The molecule has 0 radical (unpaired) electrons. The molecular formula is C12H12N2O3. The SMILES string of the molecule is C[C@H](Oc1cccc(-c2ccn[nH]2)c1)C(=O)O. The van der Waals surface area contributed by atoms with Crippen molar-refractivity contribution in [1.82, 2.24) is 10.2 Å². The molecule has 0 saturated heterocycles. The van der Waals surface area contributed by atoms with Gasteiger partial charge in [0.15, 0.2) is 6.10 Å². The molecular weight excluding hydrogens is 220 g/mol. The fourth-order valence-corrected chi connectivity index (χ4v) is 1.41. The van der Waals surface area contributed by atoms with Crippen molar-refractivity contribution in [3.8, 4) is 17.0 Å². The fraction of sp³-hybridized carbons (Fsp3) is 0.167. The zero-order valence-electron chi connectivity index (χ0n) is 9.25. The van der Waals surface area contributed by atoms with Crippen LogP contribution in [0.4, 0.5) is 0 Å². The Morgan fingerprint density at radius 2 is 2.29 bits per heavy atom. The van der Waals surface area contributed by atoms with Crippen molar-refractivity contribution < 1.29 is 14.6 Å². The number of nitrogens with one attached hydrogen (secondary N) is 1. The second-order valence-corrected chi connectivity index (χ2v) is 3.60. The van der Waals surface area contributed by atoms with Gasteiger partial charge < -0.3 is 9.84 Å². The highest BCUT2D eigenvalue weighted by Crippen LogP contribution is 2.22. The molecule has 0 saturated carbocycles. The van der Waals surface area contributed by atoms with Gasteiger partial charge in [-0.25, -0.2) is 4.79 Å². The third-order valence-electron chi connectivity index (χ3n) is 2.31. The molecule has 5 heteroatoms. The number of benzene rings is 1. The smallest absolute Gasteiger partial charge is 0.344 e. The normalized spacial score (nSPS) is 12.1. The summed E-state index contributed by atoms with van der Waals surface area (Å²) in [5, 5.41) is 15.4. The Labute approximate surface area is 98.0 Å². The van der Waals surface area contributed by atoms with E-state index in [-0.39, 0.29) is 0 Å². The van der Waals surface area contributed by atoms with Gasteiger partial charge in [-0.1, -0.05) is 12.1 Å². The maximum atomic E-state index is 10.7. The summed E-state index contributed by atoms with van der Waals surface area (Å²) in [5.41, 5.74) is 1.76. The Morgan fingerprint density at radius 3 is 2.94 bits per heavy atom. The number of aliphatic carboxylic acids is 1. The first-order valence-corrected chi connectivity index (χ1v) is 5.16. The van der Waals surface area contributed by atoms with Gasteiger partial charge >= 0.3 is 5.97 Å². The summed E-state index contributed by atoms with van der Waals surface area (Å²) in [6.07, 6.45) is 0.787. The molecule has 0 fully saturated rings. The zero-order chi connectivity index (χ0) is 12.3. The average Bonchev–Trinajstić information content (AvgIpc) is 2.82. The predicted molar refractivity (Wildman–Crippen MR) is 61.7 cm³/mol. The van der Waals surface area contributed by atoms with E-state index < -0.39 is 12.1 Å². The molecule has 1 aromatic carbocycles. The Hall–Kier alpha value is -2.30. The standard InChI is InChI=1S/C12H12N2O3/c1-8(12(15)16)17-10-4-2-3-9(7-10)11-5-6-13-14-11/h2-8H,1H3,(H,13,14)(H,15,16)/t8-/m0/s1. The van der Waals surface area contributed by atoms with E-state index in [0.717, 1.165) is 11.3 Å². The molecule has 5 nitrogen and oxygen atoms in total. The van der Waals surface area contributed by atoms with Gasteiger partial charge in [-0.3, -0.25) is 5.10 Å². The molecule has 0 aliphatic rings. The first-order chi connectivity index (χ1) is 8.16. The molecule has 1 aromatic heterocycles. The van der Waals surface area contributed by atoms with Crippen LogP contribution >= 0.6 is 0 Å². The van der Waals surface area contributed by atoms with Gasteiger partial charge in [0.25, 0.3) is 0 Å². The van der Waals surface area contributed by atoms with Crippen molar-refractivity contribution >= 4 is 5.97 Å². The molecule has 2 aromatic rings. The van der Waals surface area contributed by atoms with Gasteiger partial charge in [0.05, 0.1) is 5.69 Å². The van der Waals surface area contributed by atoms with Crippen LogP contribution in [0.5, 0.6) is 5.75 Å². The number of carboxylic acid groups (broad SMARTS) is 1. The summed E-state index contributed by atoms with van der Waals surface area (Å²) in [7, 11) is 0. The first kappa shape index (κ1) is 11.2. The van der Waals surface area contributed by atoms with Crippen LogP contribution in [0.2, 0.25) is 0 Å². The third kappa shape index (κ3) is 2.63. The lowest BCUT2D eigenvalue weighted by molar-refractivity contribution is -0.144. The lowest BCUT2D eigenvalue weighted by Gasteiger charge is -2.10. The van der Waals surface area contributed by atoms with Crippen LogP contribution in [0.25, 0.3) is 11.3 Å². The largest absolute Gasteiger partial charge is 0.479 e. The topological polar surface area (TPSA) is 75.2 Å². The zero-order valence-corrected chi connectivity index (χ0v) is 9.25. The Balaban J connectivity index is 2.20. The third-order valence-corrected chi connectivity index (χ3v) is 2.31. The maximum absolute atomic E-state index is 10.7. The number of H-pyrrole nitrogens is 1. The average molecular weight is 232 g/mol. The van der Waals surface area contributed by atoms with Crippen LogP contribution in [-0.4, -0.2) is 27.4 Å². The number of hydrogen-bond acceptors (Lipinski definition) is 3. The van der Waals surface area contributed by atoms with Crippen molar-refractivity contribution in [1.29, 1.82) is 0 Å². The van der Waals surface area contributed by atoms with Crippen molar-refractivity contribution in [2.45, 2.75) is 13.0 Å². The summed E-state index contributed by atoms with van der Waals surface area (Å²) in [5.74, 6) is -0.469. The molecule has 1 heterocycles. The second-order valence-electron chi connectivity index (χ2n) is 3.60. The Morgan fingerprint density at radius 1 is 1.47 bits per heavy atom. The lowest BCUT2D eigenvalue weighted by Crippen LogP contribution is -2.22. The van der Waals surface area contributed by atoms with Crippen LogP contribution < -0.4 is 4.74 Å². The first-order valence-electron chi connectivity index (χ1n) is 5.16. The second kappa shape index (κ2) is 4.69. The number of nitrogens with zero attached hydrogens (tertiary/aromatic N) is 1. The molecule has 1 atom stereocenters. The predicted octanol–water partition coefficient (Wildman–Crippen LogP) is 1.93. The minimum Gasteiger partial charge on any atom is -0.479 e. The highest BCUT2D eigenvalue weighted by atomic mass is 16.5. The van der Waals surface area contributed by atoms with E-state index >= 15 is 0 Å². The van der Waals surface area contributed by atoms with Gasteiger partial charge in [-0.05, 0) is 25.1 Å². The number of aromatic nitrogens is 2. The van der Waals surface area contributed by atoms with Crippen LogP contribution in [0, 0.1) is 0 Å². The van der Waals surface area contributed by atoms with E-state index in [2.05, 4.69) is 10.2 Å². The molecule has 0 spiro atoms. The highest BCUT2D eigenvalue weighted by Gasteiger charge is 2.12. The van der Waals surface area contributed by atoms with E-state index in [1.54, 1.807) is 24.4 Å². The monoisotopic (exact) mass is 232 g/mol. The Bertz CT molecular complexity index is 508. The van der Waals surface area contributed by atoms with Crippen molar-refractivity contribution in [3.63, 3.8) is 0 Å². The number of hydrogen-bond donors (Lipinski definition) is 2. The van der Waals surface area contributed by atoms with Crippen molar-refractivity contribution in [2.24, 2.45) is 0 Å². The van der Waals surface area contributed by atoms with Gasteiger partial charge in [-0.15, -0.1) is 0 Å². The Kier molecular flexibility index (Phi) is 3.09. The molecule has 2 N–H and O–H groups in total. The van der Waals surface area contributed by atoms with Gasteiger partial charge in [0, 0.05) is 11.8 Å². The summed E-state index contributed by atoms with van der Waals surface area (Å²) in [6.45, 7) is 1.49. The number of carbonyl (C=O) groups is 1. The summed E-state index contributed by atoms with van der Waals surface area (Å²) in [4.78, 5) is 10.7. The maximum Gasteiger partial charge on any atom is 0.344 e. The van der Waals surface area contributed by atoms with E-state index in [1.807, 2.05) is 12.1 Å². The highest BCUT2D eigenvalue weighted by molar-refractivity contribution is 5.72. The minimum atomic E-state index is -0.989. The number of ether oxygens (including phenoxy) is 1. The van der Waals surface area contributed by atoms with Gasteiger partial charge in [-0.2, -0.15) is 5.10 Å². The van der Waals surface area contributed by atoms with E-state index in [4.69, 9.17) is 9.84 Å². The molecule has 0 amide bonds. The van der Waals surface area contributed by atoms with Crippen LogP contribution in [0.15, 0.2) is 36.5 Å². The summed E-state index contributed by atoms with van der Waals surface area (Å²) >= 11 is 0. The van der Waals surface area contributed by atoms with E-state index in [1.165, 1.54) is 6.92 Å². The molecule has 88 valence electrons. The lowest BCUT2D eigenvalue weighted by atomic mass is 10.1. The molecule has 2 rings (SSSR count). The molecule has 0 unspecified atom stereocenters. The van der Waals surface area contributed by atoms with Crippen molar-refractivity contribution in [3.05, 3.63) is 36.5 Å². The van der Waals surface area contributed by atoms with Gasteiger partial charge in [0.1, 0.15) is 5.75 Å². The minimum absolute atomic E-state index is 0.520. The quantitative estimate of drug-likeness (QED) is 0.844. The fourth-order valence-electron chi connectivity index (χ4n) is 1.41. The molecule has 0 aliphatic heterocycles. The van der Waals surface area contributed by atoms with Gasteiger partial charge in [0.2, 0.25) is 0 Å². The van der Waals surface area contributed by atoms with E-state index in [9.17, 15) is 4.79 Å². The van der Waals surface area contributed by atoms with E-state index in [0.29, 0.717) is 5.75 Å².